The highest BCUT2D eigenvalue weighted by Crippen LogP contribution is 2.25. The Kier molecular flexibility index (Phi) is 7.75. The van der Waals surface area contributed by atoms with Crippen molar-refractivity contribution >= 4 is 11.8 Å². The Morgan fingerprint density at radius 2 is 1.57 bits per heavy atom. The van der Waals surface area contributed by atoms with Crippen molar-refractivity contribution in [3.05, 3.63) is 35.4 Å². The number of hydrogen-bond acceptors (Lipinski definition) is 3. The molecule has 2 atom stereocenters. The fraction of sp³-hybridized carbons (Fsp3) is 0.556. The Balaban J connectivity index is 2.67. The molecule has 0 saturated carbocycles. The van der Waals surface area contributed by atoms with Gasteiger partial charge in [0.25, 0.3) is 5.91 Å². The number of hydrazine groups is 1. The van der Waals surface area contributed by atoms with E-state index in [0.717, 1.165) is 6.42 Å². The van der Waals surface area contributed by atoms with Gasteiger partial charge in [-0.15, -0.1) is 0 Å². The van der Waals surface area contributed by atoms with Gasteiger partial charge in [-0.05, 0) is 29.4 Å². The summed E-state index contributed by atoms with van der Waals surface area (Å²) in [5.74, 6) is 0.345. The smallest absolute Gasteiger partial charge is 0.252 e. The molecule has 1 rings (SSSR count). The van der Waals surface area contributed by atoms with E-state index in [2.05, 4.69) is 68.1 Å². The molecule has 3 N–H and O–H groups in total. The summed E-state index contributed by atoms with van der Waals surface area (Å²) >= 11 is 0. The van der Waals surface area contributed by atoms with Crippen LogP contribution in [0.2, 0.25) is 0 Å². The van der Waals surface area contributed by atoms with Crippen molar-refractivity contribution < 1.29 is 9.59 Å². The number of hydrogen-bond donors (Lipinski definition) is 3. The van der Waals surface area contributed by atoms with Crippen LogP contribution in [0.15, 0.2) is 24.3 Å². The molecule has 0 aliphatic carbocycles. The summed E-state index contributed by atoms with van der Waals surface area (Å²) < 4.78 is 0. The van der Waals surface area contributed by atoms with E-state index in [1.807, 2.05) is 0 Å². The highest BCUT2D eigenvalue weighted by molar-refractivity contribution is 5.81. The first-order valence-electron chi connectivity index (χ1n) is 8.23. The van der Waals surface area contributed by atoms with Crippen molar-refractivity contribution in [3.8, 4) is 0 Å². The summed E-state index contributed by atoms with van der Waals surface area (Å²) in [4.78, 5) is 22.5. The van der Waals surface area contributed by atoms with Crippen molar-refractivity contribution in [2.75, 3.05) is 6.54 Å². The highest BCUT2D eigenvalue weighted by atomic mass is 16.2. The van der Waals surface area contributed by atoms with Gasteiger partial charge in [0.1, 0.15) is 0 Å². The maximum Gasteiger partial charge on any atom is 0.252 e. The van der Waals surface area contributed by atoms with Gasteiger partial charge >= 0.3 is 0 Å². The van der Waals surface area contributed by atoms with Crippen molar-refractivity contribution in [1.82, 2.24) is 16.2 Å². The van der Waals surface area contributed by atoms with Gasteiger partial charge in [-0.2, -0.15) is 0 Å². The predicted molar refractivity (Wildman–Crippen MR) is 92.7 cm³/mol. The Hall–Kier alpha value is -1.88. The van der Waals surface area contributed by atoms with Crippen LogP contribution in [0.3, 0.4) is 0 Å². The fourth-order valence-corrected chi connectivity index (χ4v) is 2.41. The van der Waals surface area contributed by atoms with Crippen LogP contribution in [0, 0.1) is 5.92 Å². The van der Waals surface area contributed by atoms with E-state index in [-0.39, 0.29) is 24.4 Å². The summed E-state index contributed by atoms with van der Waals surface area (Å²) in [5.41, 5.74) is 7.15. The molecule has 1 aromatic carbocycles. The van der Waals surface area contributed by atoms with Crippen LogP contribution in [-0.2, 0) is 9.59 Å². The lowest BCUT2D eigenvalue weighted by atomic mass is 9.92. The van der Waals surface area contributed by atoms with Crippen LogP contribution in [0.25, 0.3) is 0 Å². The quantitative estimate of drug-likeness (QED) is 0.677. The molecule has 5 heteroatoms. The molecule has 0 aliphatic heterocycles. The maximum atomic E-state index is 11.7. The molecule has 0 aliphatic rings. The summed E-state index contributed by atoms with van der Waals surface area (Å²) in [5, 5.41) is 3.26. The van der Waals surface area contributed by atoms with Gasteiger partial charge in [-0.3, -0.25) is 20.4 Å². The molecule has 0 unspecified atom stereocenters. The van der Waals surface area contributed by atoms with Crippen LogP contribution in [0.4, 0.5) is 0 Å². The lowest BCUT2D eigenvalue weighted by Gasteiger charge is -2.23. The third kappa shape index (κ3) is 6.40. The van der Waals surface area contributed by atoms with Gasteiger partial charge in [0.15, 0.2) is 0 Å². The van der Waals surface area contributed by atoms with Crippen LogP contribution >= 0.6 is 0 Å². The summed E-state index contributed by atoms with van der Waals surface area (Å²) in [6.45, 7) is 10.1. The third-order valence-corrected chi connectivity index (χ3v) is 4.00. The minimum Gasteiger partial charge on any atom is -0.301 e. The van der Waals surface area contributed by atoms with E-state index >= 15 is 0 Å². The average molecular weight is 319 g/mol. The molecule has 0 saturated heterocycles. The Bertz CT molecular complexity index is 512. The molecule has 0 aromatic heterocycles. The standard InChI is InChI=1S/C18H29N3O2/c1-6-13(4)15-7-9-16(10-8-15)18(12(2)3)19-11-17(23)21-20-14(5)22/h7-10,12-13,18-19H,6,11H2,1-5H3,(H,20,22)(H,21,23)/t13-,18+/m1/s1. The minimum absolute atomic E-state index is 0.0871. The van der Waals surface area contributed by atoms with Crippen molar-refractivity contribution in [3.63, 3.8) is 0 Å². The second kappa shape index (κ2) is 9.30. The first kappa shape index (κ1) is 19.2. The zero-order chi connectivity index (χ0) is 17.4. The molecule has 0 radical (unpaired) electrons. The van der Waals surface area contributed by atoms with Crippen molar-refractivity contribution in [2.45, 2.75) is 53.0 Å². The molecular formula is C18H29N3O2. The Morgan fingerprint density at radius 3 is 2.04 bits per heavy atom. The molecular weight excluding hydrogens is 290 g/mol. The van der Waals surface area contributed by atoms with E-state index < -0.39 is 0 Å². The van der Waals surface area contributed by atoms with Crippen LogP contribution in [0.5, 0.6) is 0 Å². The SMILES string of the molecule is CC[C@@H](C)c1ccc([C@@H](NCC(=O)NNC(C)=O)C(C)C)cc1. The van der Waals surface area contributed by atoms with Crippen molar-refractivity contribution in [2.24, 2.45) is 5.92 Å². The Labute approximate surface area is 139 Å². The van der Waals surface area contributed by atoms with Crippen molar-refractivity contribution in [1.29, 1.82) is 0 Å². The van der Waals surface area contributed by atoms with Crippen LogP contribution in [-0.4, -0.2) is 18.4 Å². The average Bonchev–Trinajstić information content (AvgIpc) is 2.52. The molecule has 1 aromatic rings. The summed E-state index contributed by atoms with van der Waals surface area (Å²) in [7, 11) is 0. The van der Waals surface area contributed by atoms with E-state index in [0.29, 0.717) is 11.8 Å². The predicted octanol–water partition coefficient (Wildman–Crippen LogP) is 2.65. The molecule has 0 spiro atoms. The van der Waals surface area contributed by atoms with Gasteiger partial charge in [0.2, 0.25) is 5.91 Å². The van der Waals surface area contributed by atoms with Gasteiger partial charge in [-0.1, -0.05) is 52.0 Å². The summed E-state index contributed by atoms with van der Waals surface area (Å²) in [6, 6.07) is 8.68. The zero-order valence-corrected chi connectivity index (χ0v) is 14.8. The Morgan fingerprint density at radius 1 is 1.00 bits per heavy atom. The summed E-state index contributed by atoms with van der Waals surface area (Å²) in [6.07, 6.45) is 1.12. The maximum absolute atomic E-state index is 11.7. The number of carbonyl (C=O) groups is 2. The number of amides is 2. The molecule has 0 bridgehead atoms. The normalized spacial score (nSPS) is 13.5. The number of benzene rings is 1. The molecule has 2 amide bonds. The largest absolute Gasteiger partial charge is 0.301 e. The van der Waals surface area contributed by atoms with Gasteiger partial charge < -0.3 is 5.32 Å². The van der Waals surface area contributed by atoms with Crippen LogP contribution < -0.4 is 16.2 Å². The van der Waals surface area contributed by atoms with Gasteiger partial charge in [0, 0.05) is 13.0 Å². The third-order valence-electron chi connectivity index (χ3n) is 4.00. The molecule has 5 nitrogen and oxygen atoms in total. The lowest BCUT2D eigenvalue weighted by molar-refractivity contribution is -0.127. The van der Waals surface area contributed by atoms with E-state index in [1.54, 1.807) is 0 Å². The molecule has 128 valence electrons. The first-order chi connectivity index (χ1) is 10.8. The van der Waals surface area contributed by atoms with Gasteiger partial charge in [-0.25, -0.2) is 0 Å². The number of carbonyl (C=O) groups excluding carboxylic acids is 2. The number of rotatable bonds is 7. The monoisotopic (exact) mass is 319 g/mol. The first-order valence-corrected chi connectivity index (χ1v) is 8.23. The zero-order valence-electron chi connectivity index (χ0n) is 14.8. The molecule has 23 heavy (non-hydrogen) atoms. The van der Waals surface area contributed by atoms with E-state index in [9.17, 15) is 9.59 Å². The molecule has 0 heterocycles. The van der Waals surface area contributed by atoms with E-state index in [4.69, 9.17) is 0 Å². The number of nitrogens with one attached hydrogen (secondary N) is 3. The van der Waals surface area contributed by atoms with Crippen LogP contribution in [0.1, 0.15) is 64.1 Å². The lowest BCUT2D eigenvalue weighted by Crippen LogP contribution is -2.45. The van der Waals surface area contributed by atoms with E-state index in [1.165, 1.54) is 18.1 Å². The second-order valence-corrected chi connectivity index (χ2v) is 6.31. The minimum atomic E-state index is -0.292. The topological polar surface area (TPSA) is 70.2 Å². The molecule has 0 fully saturated rings. The highest BCUT2D eigenvalue weighted by Gasteiger charge is 2.17. The fourth-order valence-electron chi connectivity index (χ4n) is 2.41. The van der Waals surface area contributed by atoms with Gasteiger partial charge in [0.05, 0.1) is 6.54 Å². The second-order valence-electron chi connectivity index (χ2n) is 6.31.